The Bertz CT molecular complexity index is 200. The summed E-state index contributed by atoms with van der Waals surface area (Å²) in [5, 5.41) is 0. The molecular formula is C5H3F7O. The number of hydrogen-bond acceptors (Lipinski definition) is 1. The Morgan fingerprint density at radius 2 is 1.38 bits per heavy atom. The summed E-state index contributed by atoms with van der Waals surface area (Å²) in [4.78, 5) is 0. The van der Waals surface area contributed by atoms with Crippen LogP contribution in [0, 0.1) is 0 Å². The third-order valence-electron chi connectivity index (χ3n) is 1.55. The quantitative estimate of drug-likeness (QED) is 0.605. The molecule has 0 amide bonds. The van der Waals surface area contributed by atoms with E-state index in [1.54, 1.807) is 0 Å². The van der Waals surface area contributed by atoms with Crippen LogP contribution >= 0.6 is 0 Å². The molecule has 0 radical (unpaired) electrons. The lowest BCUT2D eigenvalue weighted by Gasteiger charge is -2.39. The van der Waals surface area contributed by atoms with Gasteiger partial charge in [-0.15, -0.1) is 0 Å². The molecule has 1 nitrogen and oxygen atoms in total. The molecule has 0 spiro atoms. The minimum atomic E-state index is -5.93. The van der Waals surface area contributed by atoms with Crippen molar-refractivity contribution in [3.8, 4) is 0 Å². The minimum absolute atomic E-state index is 2.70. The zero-order valence-corrected chi connectivity index (χ0v) is 5.79. The first-order valence-electron chi connectivity index (χ1n) is 3.06. The monoisotopic (exact) mass is 212 g/mol. The zero-order valence-electron chi connectivity index (χ0n) is 5.79. The van der Waals surface area contributed by atoms with Crippen molar-refractivity contribution in [1.29, 1.82) is 0 Å². The molecule has 1 fully saturated rings. The van der Waals surface area contributed by atoms with Gasteiger partial charge in [0, 0.05) is 0 Å². The van der Waals surface area contributed by atoms with E-state index in [0.29, 0.717) is 0 Å². The molecule has 13 heavy (non-hydrogen) atoms. The van der Waals surface area contributed by atoms with Crippen LogP contribution in [0.25, 0.3) is 0 Å². The van der Waals surface area contributed by atoms with Gasteiger partial charge in [-0.05, 0) is 0 Å². The Labute approximate surface area is 67.5 Å². The second-order valence-corrected chi connectivity index (χ2v) is 2.47. The fourth-order valence-electron chi connectivity index (χ4n) is 0.785. The number of rotatable bonds is 1. The summed E-state index contributed by atoms with van der Waals surface area (Å²) in [6.07, 6.45) is -14.6. The Morgan fingerprint density at radius 1 is 0.923 bits per heavy atom. The van der Waals surface area contributed by atoms with Crippen LogP contribution in [0.4, 0.5) is 30.7 Å². The molecule has 0 aliphatic carbocycles. The van der Waals surface area contributed by atoms with Gasteiger partial charge in [0.25, 0.3) is 0 Å². The number of halogens is 7. The minimum Gasteiger partial charge on any atom is -0.332 e. The van der Waals surface area contributed by atoms with E-state index < -0.39 is 30.7 Å². The molecule has 1 aliphatic rings. The highest BCUT2D eigenvalue weighted by atomic mass is 19.4. The molecule has 1 saturated heterocycles. The van der Waals surface area contributed by atoms with Gasteiger partial charge in [-0.1, -0.05) is 0 Å². The highest BCUT2D eigenvalue weighted by molar-refractivity contribution is 4.97. The van der Waals surface area contributed by atoms with E-state index in [4.69, 9.17) is 0 Å². The number of ether oxygens (including phenoxy) is 1. The number of alkyl halides is 7. The van der Waals surface area contributed by atoms with Gasteiger partial charge < -0.3 is 4.74 Å². The van der Waals surface area contributed by atoms with Gasteiger partial charge in [-0.3, -0.25) is 0 Å². The molecule has 8 heteroatoms. The molecule has 0 aromatic rings. The molecule has 0 aromatic heterocycles. The van der Waals surface area contributed by atoms with Crippen LogP contribution in [-0.4, -0.2) is 30.7 Å². The molecule has 1 rings (SSSR count). The van der Waals surface area contributed by atoms with E-state index in [2.05, 4.69) is 4.74 Å². The summed E-state index contributed by atoms with van der Waals surface area (Å²) >= 11 is 0. The van der Waals surface area contributed by atoms with E-state index in [1.807, 2.05) is 0 Å². The van der Waals surface area contributed by atoms with Crippen molar-refractivity contribution in [3.05, 3.63) is 0 Å². The molecule has 0 aromatic carbocycles. The molecule has 0 saturated carbocycles. The summed E-state index contributed by atoms with van der Waals surface area (Å²) in [7, 11) is 0. The van der Waals surface area contributed by atoms with Crippen molar-refractivity contribution in [3.63, 3.8) is 0 Å². The summed E-state index contributed by atoms with van der Waals surface area (Å²) < 4.78 is 86.0. The van der Waals surface area contributed by atoms with Gasteiger partial charge in [0.05, 0.1) is 0 Å². The highest BCUT2D eigenvalue weighted by Crippen LogP contribution is 2.46. The maximum absolute atomic E-state index is 12.1. The van der Waals surface area contributed by atoms with Crippen molar-refractivity contribution in [2.45, 2.75) is 30.7 Å². The predicted octanol–water partition coefficient (Wildman–Crippen LogP) is 2.22. The molecule has 3 atom stereocenters. The van der Waals surface area contributed by atoms with E-state index in [0.717, 1.165) is 0 Å². The summed E-state index contributed by atoms with van der Waals surface area (Å²) in [6, 6.07) is 0. The molecule has 0 N–H and O–H groups in total. The topological polar surface area (TPSA) is 9.23 Å². The van der Waals surface area contributed by atoms with Crippen molar-refractivity contribution < 1.29 is 35.5 Å². The van der Waals surface area contributed by atoms with Crippen LogP contribution in [0.15, 0.2) is 0 Å². The fraction of sp³-hybridized carbons (Fsp3) is 1.00. The summed E-state index contributed by atoms with van der Waals surface area (Å²) in [5.41, 5.74) is 0. The lowest BCUT2D eigenvalue weighted by molar-refractivity contribution is -0.383. The summed E-state index contributed by atoms with van der Waals surface area (Å²) in [5.74, 6) is -5.35. The van der Waals surface area contributed by atoms with Gasteiger partial charge in [0.2, 0.25) is 6.36 Å². The van der Waals surface area contributed by atoms with E-state index >= 15 is 0 Å². The van der Waals surface area contributed by atoms with Gasteiger partial charge in [-0.25, -0.2) is 8.78 Å². The molecular weight excluding hydrogens is 209 g/mol. The molecule has 1 aliphatic heterocycles. The lowest BCUT2D eigenvalue weighted by atomic mass is 10.0. The second kappa shape index (κ2) is 2.73. The average Bonchev–Trinajstić information content (AvgIpc) is 1.97. The largest absolute Gasteiger partial charge is 0.456 e. The number of hydrogen-bond donors (Lipinski definition) is 0. The smallest absolute Gasteiger partial charge is 0.332 e. The average molecular weight is 212 g/mol. The standard InChI is InChI=1S/C5H3F7O/c6-1-2(13-3(1)7)4(8,9)5(10,11)12/h1-3H/t1-,2+,3-/m1/s1. The van der Waals surface area contributed by atoms with Gasteiger partial charge in [-0.2, -0.15) is 22.0 Å². The second-order valence-electron chi connectivity index (χ2n) is 2.47. The molecule has 1 heterocycles. The van der Waals surface area contributed by atoms with Crippen molar-refractivity contribution in [1.82, 2.24) is 0 Å². The Balaban J connectivity index is 2.72. The summed E-state index contributed by atoms with van der Waals surface area (Å²) in [6.45, 7) is 0. The highest BCUT2D eigenvalue weighted by Gasteiger charge is 2.70. The van der Waals surface area contributed by atoms with Crippen molar-refractivity contribution >= 4 is 0 Å². The van der Waals surface area contributed by atoms with Crippen LogP contribution in [-0.2, 0) is 4.74 Å². The van der Waals surface area contributed by atoms with Crippen molar-refractivity contribution in [2.75, 3.05) is 0 Å². The van der Waals surface area contributed by atoms with Crippen LogP contribution in [0.2, 0.25) is 0 Å². The van der Waals surface area contributed by atoms with E-state index in [1.165, 1.54) is 0 Å². The maximum atomic E-state index is 12.1. The Morgan fingerprint density at radius 3 is 1.62 bits per heavy atom. The van der Waals surface area contributed by atoms with Crippen LogP contribution in [0.1, 0.15) is 0 Å². The lowest BCUT2D eigenvalue weighted by Crippen LogP contribution is -2.62. The van der Waals surface area contributed by atoms with Crippen LogP contribution in [0.5, 0.6) is 0 Å². The first-order chi connectivity index (χ1) is 5.68. The van der Waals surface area contributed by atoms with Crippen molar-refractivity contribution in [2.24, 2.45) is 0 Å². The first-order valence-corrected chi connectivity index (χ1v) is 3.06. The predicted molar refractivity (Wildman–Crippen MR) is 25.7 cm³/mol. The van der Waals surface area contributed by atoms with Crippen LogP contribution < -0.4 is 0 Å². The zero-order chi connectivity index (χ0) is 10.4. The third-order valence-corrected chi connectivity index (χ3v) is 1.55. The molecule has 0 bridgehead atoms. The van der Waals surface area contributed by atoms with Gasteiger partial charge >= 0.3 is 12.1 Å². The first kappa shape index (κ1) is 10.6. The van der Waals surface area contributed by atoms with E-state index in [9.17, 15) is 30.7 Å². The molecule has 0 unspecified atom stereocenters. The Hall–Kier alpha value is -0.530. The normalized spacial score (nSPS) is 35.8. The van der Waals surface area contributed by atoms with Gasteiger partial charge in [0.1, 0.15) is 0 Å². The van der Waals surface area contributed by atoms with Gasteiger partial charge in [0.15, 0.2) is 12.3 Å². The van der Waals surface area contributed by atoms with Crippen LogP contribution in [0.3, 0.4) is 0 Å². The Kier molecular flexibility index (Phi) is 2.21. The molecule has 78 valence electrons. The SMILES string of the molecule is F[C@H]1[C@H](F)O[C@@H]1C(F)(F)C(F)(F)F. The maximum Gasteiger partial charge on any atom is 0.456 e. The third kappa shape index (κ3) is 1.47. The van der Waals surface area contributed by atoms with E-state index in [-0.39, 0.29) is 0 Å². The fourth-order valence-corrected chi connectivity index (χ4v) is 0.785.